The highest BCUT2D eigenvalue weighted by Crippen LogP contribution is 2.31. The van der Waals surface area contributed by atoms with Crippen LogP contribution in [0.15, 0.2) is 18.2 Å². The van der Waals surface area contributed by atoms with Gasteiger partial charge in [0.15, 0.2) is 11.5 Å². The van der Waals surface area contributed by atoms with Crippen LogP contribution in [0.3, 0.4) is 0 Å². The molecule has 16 heavy (non-hydrogen) atoms. The first-order valence-corrected chi connectivity index (χ1v) is 4.58. The second kappa shape index (κ2) is 5.69. The predicted molar refractivity (Wildman–Crippen MR) is 55.8 cm³/mol. The maximum Gasteiger partial charge on any atom is 0.273 e. The lowest BCUT2D eigenvalue weighted by Gasteiger charge is -2.08. The largest absolute Gasteiger partial charge is 0.493 e. The molecule has 0 amide bonds. The average Bonchev–Trinajstić information content (AvgIpc) is 2.29. The van der Waals surface area contributed by atoms with E-state index in [2.05, 4.69) is 0 Å². The van der Waals surface area contributed by atoms with Crippen molar-refractivity contribution in [1.29, 1.82) is 0 Å². The van der Waals surface area contributed by atoms with Gasteiger partial charge in [-0.25, -0.2) is 0 Å². The Bertz CT molecular complexity index is 391. The summed E-state index contributed by atoms with van der Waals surface area (Å²) in [6, 6.07) is 4.05. The Morgan fingerprint density at radius 3 is 2.75 bits per heavy atom. The number of hydrogen-bond acceptors (Lipinski definition) is 5. The van der Waals surface area contributed by atoms with Gasteiger partial charge in [-0.15, -0.1) is 0 Å². The number of non-ortho nitro benzene ring substituents is 1. The fraction of sp³-hybridized carbons (Fsp3) is 0.300. The Morgan fingerprint density at radius 2 is 2.19 bits per heavy atom. The van der Waals surface area contributed by atoms with E-state index in [1.54, 1.807) is 0 Å². The topological polar surface area (TPSA) is 78.7 Å². The summed E-state index contributed by atoms with van der Waals surface area (Å²) < 4.78 is 10.2. The fourth-order valence-corrected chi connectivity index (χ4v) is 1.11. The van der Waals surface area contributed by atoms with Crippen molar-refractivity contribution < 1.29 is 19.2 Å². The van der Waals surface area contributed by atoms with Gasteiger partial charge in [0, 0.05) is 12.5 Å². The molecule has 0 atom stereocenters. The van der Waals surface area contributed by atoms with Gasteiger partial charge in [-0.3, -0.25) is 10.1 Å². The van der Waals surface area contributed by atoms with Crippen molar-refractivity contribution in [2.45, 2.75) is 6.42 Å². The van der Waals surface area contributed by atoms with Crippen molar-refractivity contribution in [2.24, 2.45) is 0 Å². The van der Waals surface area contributed by atoms with Gasteiger partial charge >= 0.3 is 0 Å². The number of carbonyl (C=O) groups excluding carboxylic acids is 1. The average molecular weight is 225 g/mol. The number of nitrogens with zero attached hydrogens (tertiary/aromatic N) is 1. The summed E-state index contributed by atoms with van der Waals surface area (Å²) >= 11 is 0. The van der Waals surface area contributed by atoms with Crippen molar-refractivity contribution in [3.63, 3.8) is 0 Å². The second-order valence-corrected chi connectivity index (χ2v) is 2.90. The molecular weight excluding hydrogens is 214 g/mol. The highest BCUT2D eigenvalue weighted by molar-refractivity contribution is 5.50. The summed E-state index contributed by atoms with van der Waals surface area (Å²) in [7, 11) is 1.44. The van der Waals surface area contributed by atoms with Gasteiger partial charge in [0.05, 0.1) is 24.7 Å². The van der Waals surface area contributed by atoms with E-state index in [0.29, 0.717) is 12.0 Å². The van der Waals surface area contributed by atoms with Crippen LogP contribution in [0.4, 0.5) is 5.69 Å². The summed E-state index contributed by atoms with van der Waals surface area (Å²) in [4.78, 5) is 20.1. The molecular formula is C10H11NO5. The number of nitro benzene ring substituents is 1. The molecule has 0 aliphatic carbocycles. The van der Waals surface area contributed by atoms with Crippen molar-refractivity contribution in [3.8, 4) is 11.5 Å². The van der Waals surface area contributed by atoms with Gasteiger partial charge in [0.2, 0.25) is 0 Å². The molecule has 0 radical (unpaired) electrons. The first-order chi connectivity index (χ1) is 7.69. The van der Waals surface area contributed by atoms with Crippen LogP contribution in [0.25, 0.3) is 0 Å². The van der Waals surface area contributed by atoms with E-state index in [1.165, 1.54) is 25.3 Å². The lowest BCUT2D eigenvalue weighted by atomic mass is 10.3. The van der Waals surface area contributed by atoms with Crippen molar-refractivity contribution in [3.05, 3.63) is 28.3 Å². The van der Waals surface area contributed by atoms with E-state index in [-0.39, 0.29) is 24.5 Å². The number of methoxy groups -OCH3 is 1. The molecule has 0 spiro atoms. The number of benzene rings is 1. The van der Waals surface area contributed by atoms with Crippen LogP contribution in [-0.4, -0.2) is 24.9 Å². The molecule has 0 aromatic heterocycles. The van der Waals surface area contributed by atoms with Gasteiger partial charge in [-0.2, -0.15) is 0 Å². The molecule has 0 unspecified atom stereocenters. The molecule has 0 saturated carbocycles. The normalized spacial score (nSPS) is 9.56. The Kier molecular flexibility index (Phi) is 4.26. The summed E-state index contributed by atoms with van der Waals surface area (Å²) in [6.45, 7) is 0.168. The van der Waals surface area contributed by atoms with Crippen LogP contribution < -0.4 is 9.47 Å². The summed E-state index contributed by atoms with van der Waals surface area (Å²) in [5.41, 5.74) is -0.0816. The first-order valence-electron chi connectivity index (χ1n) is 4.58. The standard InChI is InChI=1S/C10H11NO5/c1-15-9-4-3-8(11(13)14)7-10(9)16-6-2-5-12/h3-5,7H,2,6H2,1H3. The van der Waals surface area contributed by atoms with Crippen LogP contribution >= 0.6 is 0 Å². The minimum absolute atomic E-state index is 0.0816. The minimum atomic E-state index is -0.522. The lowest BCUT2D eigenvalue weighted by molar-refractivity contribution is -0.385. The maximum absolute atomic E-state index is 10.5. The van der Waals surface area contributed by atoms with Gasteiger partial charge in [-0.05, 0) is 6.07 Å². The zero-order valence-corrected chi connectivity index (χ0v) is 8.71. The molecule has 6 heteroatoms. The maximum atomic E-state index is 10.5. The number of nitro groups is 1. The third-order valence-corrected chi connectivity index (χ3v) is 1.85. The zero-order chi connectivity index (χ0) is 12.0. The van der Waals surface area contributed by atoms with E-state index >= 15 is 0 Å². The minimum Gasteiger partial charge on any atom is -0.493 e. The molecule has 1 aromatic carbocycles. The second-order valence-electron chi connectivity index (χ2n) is 2.90. The molecule has 0 N–H and O–H groups in total. The van der Waals surface area contributed by atoms with Crippen molar-refractivity contribution >= 4 is 12.0 Å². The Balaban J connectivity index is 2.88. The molecule has 6 nitrogen and oxygen atoms in total. The molecule has 0 fully saturated rings. The summed E-state index contributed by atoms with van der Waals surface area (Å²) in [6.07, 6.45) is 0.940. The molecule has 1 rings (SSSR count). The highest BCUT2D eigenvalue weighted by Gasteiger charge is 2.12. The van der Waals surface area contributed by atoms with E-state index in [1.807, 2.05) is 0 Å². The van der Waals surface area contributed by atoms with Crippen LogP contribution in [0.1, 0.15) is 6.42 Å². The fourth-order valence-electron chi connectivity index (χ4n) is 1.11. The van der Waals surface area contributed by atoms with Crippen molar-refractivity contribution in [1.82, 2.24) is 0 Å². The molecule has 0 bridgehead atoms. The van der Waals surface area contributed by atoms with E-state index in [0.717, 1.165) is 0 Å². The Labute approximate surface area is 91.9 Å². The Hall–Kier alpha value is -2.11. The number of ether oxygens (including phenoxy) is 2. The van der Waals surface area contributed by atoms with Crippen LogP contribution in [-0.2, 0) is 4.79 Å². The Morgan fingerprint density at radius 1 is 1.44 bits per heavy atom. The van der Waals surface area contributed by atoms with E-state index in [4.69, 9.17) is 9.47 Å². The molecule has 0 aliphatic rings. The van der Waals surface area contributed by atoms with Gasteiger partial charge in [0.25, 0.3) is 5.69 Å². The third kappa shape index (κ3) is 2.94. The van der Waals surface area contributed by atoms with E-state index < -0.39 is 4.92 Å². The monoisotopic (exact) mass is 225 g/mol. The van der Waals surface area contributed by atoms with Gasteiger partial charge < -0.3 is 14.3 Å². The van der Waals surface area contributed by atoms with Crippen LogP contribution in [0.5, 0.6) is 11.5 Å². The van der Waals surface area contributed by atoms with Crippen LogP contribution in [0, 0.1) is 10.1 Å². The predicted octanol–water partition coefficient (Wildman–Crippen LogP) is 1.57. The van der Waals surface area contributed by atoms with Gasteiger partial charge in [0.1, 0.15) is 6.29 Å². The summed E-state index contributed by atoms with van der Waals surface area (Å²) in [5, 5.41) is 10.5. The van der Waals surface area contributed by atoms with Gasteiger partial charge in [-0.1, -0.05) is 0 Å². The number of carbonyl (C=O) groups is 1. The summed E-state index contributed by atoms with van der Waals surface area (Å²) in [5.74, 6) is 0.662. The molecule has 0 heterocycles. The number of hydrogen-bond donors (Lipinski definition) is 0. The first kappa shape index (κ1) is 12.0. The lowest BCUT2D eigenvalue weighted by Crippen LogP contribution is -2.00. The SMILES string of the molecule is COc1ccc([N+](=O)[O-])cc1OCCC=O. The van der Waals surface area contributed by atoms with Crippen LogP contribution in [0.2, 0.25) is 0 Å². The number of aldehydes is 1. The zero-order valence-electron chi connectivity index (χ0n) is 8.71. The molecule has 0 aliphatic heterocycles. The highest BCUT2D eigenvalue weighted by atomic mass is 16.6. The number of rotatable bonds is 6. The quantitative estimate of drug-likeness (QED) is 0.318. The third-order valence-electron chi connectivity index (χ3n) is 1.85. The van der Waals surface area contributed by atoms with E-state index in [9.17, 15) is 14.9 Å². The smallest absolute Gasteiger partial charge is 0.273 e. The van der Waals surface area contributed by atoms with Crippen molar-refractivity contribution in [2.75, 3.05) is 13.7 Å². The molecule has 86 valence electrons. The molecule has 0 saturated heterocycles. The molecule has 1 aromatic rings.